The summed E-state index contributed by atoms with van der Waals surface area (Å²) in [4.78, 5) is 4.21. The van der Waals surface area contributed by atoms with Crippen LogP contribution >= 0.6 is 11.6 Å². The van der Waals surface area contributed by atoms with Gasteiger partial charge >= 0.3 is 0 Å². The first-order chi connectivity index (χ1) is 7.69. The fourth-order valence-corrected chi connectivity index (χ4v) is 1.62. The van der Waals surface area contributed by atoms with E-state index < -0.39 is 0 Å². The molecule has 0 fully saturated rings. The van der Waals surface area contributed by atoms with Crippen molar-refractivity contribution in [1.82, 2.24) is 20.1 Å². The lowest BCUT2D eigenvalue weighted by atomic mass is 10.3. The van der Waals surface area contributed by atoms with Crippen molar-refractivity contribution in [3.63, 3.8) is 0 Å². The van der Waals surface area contributed by atoms with Gasteiger partial charge in [-0.1, -0.05) is 0 Å². The SMILES string of the molecule is COCC(CCl)NCc1ncnn1C(C)C. The van der Waals surface area contributed by atoms with Crippen molar-refractivity contribution in [1.29, 1.82) is 0 Å². The van der Waals surface area contributed by atoms with Gasteiger partial charge in [0.25, 0.3) is 0 Å². The second-order valence-electron chi connectivity index (χ2n) is 3.90. The predicted octanol–water partition coefficient (Wildman–Crippen LogP) is 1.20. The topological polar surface area (TPSA) is 52.0 Å². The molecule has 0 bridgehead atoms. The Morgan fingerprint density at radius 1 is 1.56 bits per heavy atom. The Balaban J connectivity index is 2.49. The van der Waals surface area contributed by atoms with E-state index in [9.17, 15) is 0 Å². The summed E-state index contributed by atoms with van der Waals surface area (Å²) in [7, 11) is 1.66. The van der Waals surface area contributed by atoms with Gasteiger partial charge in [0, 0.05) is 25.1 Å². The zero-order valence-electron chi connectivity index (χ0n) is 9.98. The van der Waals surface area contributed by atoms with E-state index in [0.717, 1.165) is 5.82 Å². The fraction of sp³-hybridized carbons (Fsp3) is 0.800. The van der Waals surface area contributed by atoms with Crippen LogP contribution in [-0.2, 0) is 11.3 Å². The number of nitrogens with one attached hydrogen (secondary N) is 1. The van der Waals surface area contributed by atoms with Crippen LogP contribution in [0.15, 0.2) is 6.33 Å². The van der Waals surface area contributed by atoms with Gasteiger partial charge in [0.05, 0.1) is 13.2 Å². The number of hydrogen-bond acceptors (Lipinski definition) is 4. The highest BCUT2D eigenvalue weighted by Crippen LogP contribution is 2.05. The van der Waals surface area contributed by atoms with E-state index in [4.69, 9.17) is 16.3 Å². The van der Waals surface area contributed by atoms with Gasteiger partial charge in [0.2, 0.25) is 0 Å². The van der Waals surface area contributed by atoms with E-state index in [1.54, 1.807) is 13.4 Å². The van der Waals surface area contributed by atoms with Crippen molar-refractivity contribution >= 4 is 11.6 Å². The third-order valence-electron chi connectivity index (χ3n) is 2.24. The van der Waals surface area contributed by atoms with Crippen LogP contribution in [0.25, 0.3) is 0 Å². The van der Waals surface area contributed by atoms with Gasteiger partial charge in [0.15, 0.2) is 0 Å². The number of methoxy groups -OCH3 is 1. The molecule has 0 spiro atoms. The molecule has 0 amide bonds. The lowest BCUT2D eigenvalue weighted by Crippen LogP contribution is -2.35. The smallest absolute Gasteiger partial charge is 0.141 e. The molecule has 1 heterocycles. The Morgan fingerprint density at radius 2 is 2.31 bits per heavy atom. The molecule has 0 aliphatic carbocycles. The van der Waals surface area contributed by atoms with E-state index in [0.29, 0.717) is 25.1 Å². The lowest BCUT2D eigenvalue weighted by molar-refractivity contribution is 0.172. The molecule has 1 atom stereocenters. The first kappa shape index (κ1) is 13.4. The van der Waals surface area contributed by atoms with Crippen LogP contribution in [0.5, 0.6) is 0 Å². The molecule has 5 nitrogen and oxygen atoms in total. The average Bonchev–Trinajstić information content (AvgIpc) is 2.72. The van der Waals surface area contributed by atoms with Gasteiger partial charge in [-0.2, -0.15) is 5.10 Å². The standard InChI is InChI=1S/C10H19ClN4O/c1-8(2)15-10(13-7-14-15)5-12-9(4-11)6-16-3/h7-9,12H,4-6H2,1-3H3. The maximum absolute atomic E-state index is 5.80. The van der Waals surface area contributed by atoms with E-state index in [1.807, 2.05) is 4.68 Å². The lowest BCUT2D eigenvalue weighted by Gasteiger charge is -2.15. The molecule has 6 heteroatoms. The summed E-state index contributed by atoms with van der Waals surface area (Å²) in [5, 5.41) is 7.45. The van der Waals surface area contributed by atoms with Crippen molar-refractivity contribution in [3.05, 3.63) is 12.2 Å². The fourth-order valence-electron chi connectivity index (χ4n) is 1.43. The van der Waals surface area contributed by atoms with E-state index in [-0.39, 0.29) is 6.04 Å². The molecule has 1 aromatic rings. The third-order valence-corrected chi connectivity index (χ3v) is 2.61. The molecular weight excluding hydrogens is 228 g/mol. The summed E-state index contributed by atoms with van der Waals surface area (Å²) in [5.74, 6) is 1.44. The average molecular weight is 247 g/mol. The van der Waals surface area contributed by atoms with Crippen molar-refractivity contribution in [2.24, 2.45) is 0 Å². The summed E-state index contributed by atoms with van der Waals surface area (Å²) in [5.41, 5.74) is 0. The van der Waals surface area contributed by atoms with Gasteiger partial charge in [-0.3, -0.25) is 0 Å². The Hall–Kier alpha value is -0.650. The second kappa shape index (κ2) is 6.83. The maximum Gasteiger partial charge on any atom is 0.141 e. The van der Waals surface area contributed by atoms with Crippen LogP contribution in [0.1, 0.15) is 25.7 Å². The van der Waals surface area contributed by atoms with Crippen LogP contribution in [-0.4, -0.2) is 40.4 Å². The summed E-state index contributed by atoms with van der Waals surface area (Å²) < 4.78 is 6.95. The highest BCUT2D eigenvalue weighted by Gasteiger charge is 2.10. The maximum atomic E-state index is 5.80. The van der Waals surface area contributed by atoms with Gasteiger partial charge in [-0.25, -0.2) is 9.67 Å². The van der Waals surface area contributed by atoms with Gasteiger partial charge < -0.3 is 10.1 Å². The Kier molecular flexibility index (Phi) is 5.73. The van der Waals surface area contributed by atoms with Crippen molar-refractivity contribution in [3.8, 4) is 0 Å². The molecule has 1 aromatic heterocycles. The Morgan fingerprint density at radius 3 is 2.88 bits per heavy atom. The zero-order valence-corrected chi connectivity index (χ0v) is 10.7. The molecule has 0 saturated carbocycles. The van der Waals surface area contributed by atoms with Crippen LogP contribution in [0.3, 0.4) is 0 Å². The number of nitrogens with zero attached hydrogens (tertiary/aromatic N) is 3. The minimum Gasteiger partial charge on any atom is -0.383 e. The molecular formula is C10H19ClN4O. The number of hydrogen-bond donors (Lipinski definition) is 1. The molecule has 0 radical (unpaired) electrons. The Bertz CT molecular complexity index is 303. The second-order valence-corrected chi connectivity index (χ2v) is 4.21. The predicted molar refractivity (Wildman–Crippen MR) is 63.6 cm³/mol. The van der Waals surface area contributed by atoms with Crippen LogP contribution in [0.2, 0.25) is 0 Å². The minimum atomic E-state index is 0.143. The largest absolute Gasteiger partial charge is 0.383 e. The molecule has 1 unspecified atom stereocenters. The number of alkyl halides is 1. The van der Waals surface area contributed by atoms with E-state index in [2.05, 4.69) is 29.2 Å². The highest BCUT2D eigenvalue weighted by atomic mass is 35.5. The molecule has 0 aliphatic rings. The van der Waals surface area contributed by atoms with Crippen molar-refractivity contribution in [2.45, 2.75) is 32.5 Å². The van der Waals surface area contributed by atoms with Gasteiger partial charge in [0.1, 0.15) is 12.2 Å². The molecule has 1 N–H and O–H groups in total. The highest BCUT2D eigenvalue weighted by molar-refractivity contribution is 6.18. The summed E-state index contributed by atoms with van der Waals surface area (Å²) in [6.45, 7) is 5.40. The van der Waals surface area contributed by atoms with Crippen molar-refractivity contribution in [2.75, 3.05) is 19.6 Å². The van der Waals surface area contributed by atoms with E-state index in [1.165, 1.54) is 0 Å². The third kappa shape index (κ3) is 3.73. The number of ether oxygens (including phenoxy) is 1. The Labute approximate surface area is 101 Å². The first-order valence-electron chi connectivity index (χ1n) is 5.35. The normalized spacial score (nSPS) is 13.3. The van der Waals surface area contributed by atoms with Crippen LogP contribution in [0.4, 0.5) is 0 Å². The first-order valence-corrected chi connectivity index (χ1v) is 5.89. The number of halogens is 1. The zero-order chi connectivity index (χ0) is 12.0. The minimum absolute atomic E-state index is 0.143. The van der Waals surface area contributed by atoms with Crippen LogP contribution in [0, 0.1) is 0 Å². The summed E-state index contributed by atoms with van der Waals surface area (Å²) in [6, 6.07) is 0.458. The van der Waals surface area contributed by atoms with Crippen LogP contribution < -0.4 is 5.32 Å². The van der Waals surface area contributed by atoms with Gasteiger partial charge in [-0.05, 0) is 13.8 Å². The van der Waals surface area contributed by atoms with Gasteiger partial charge in [-0.15, -0.1) is 11.6 Å². The summed E-state index contributed by atoms with van der Waals surface area (Å²) in [6.07, 6.45) is 1.57. The number of rotatable bonds is 7. The summed E-state index contributed by atoms with van der Waals surface area (Å²) >= 11 is 5.80. The monoisotopic (exact) mass is 246 g/mol. The molecule has 0 aliphatic heterocycles. The quantitative estimate of drug-likeness (QED) is 0.735. The molecule has 16 heavy (non-hydrogen) atoms. The molecule has 0 aromatic carbocycles. The van der Waals surface area contributed by atoms with Crippen molar-refractivity contribution < 1.29 is 4.74 Å². The molecule has 0 saturated heterocycles. The molecule has 92 valence electrons. The molecule has 1 rings (SSSR count). The number of aromatic nitrogens is 3. The van der Waals surface area contributed by atoms with E-state index >= 15 is 0 Å².